The number of methoxy groups -OCH3 is 2. The van der Waals surface area contributed by atoms with E-state index < -0.39 is 24.0 Å². The maximum absolute atomic E-state index is 12.8. The summed E-state index contributed by atoms with van der Waals surface area (Å²) in [6.07, 6.45) is 1.05. The fourth-order valence-corrected chi connectivity index (χ4v) is 6.28. The van der Waals surface area contributed by atoms with E-state index in [9.17, 15) is 9.90 Å². The number of aliphatic hydroxyl groups is 1. The molecule has 248 valence electrons. The lowest BCUT2D eigenvalue weighted by atomic mass is 9.80. The Morgan fingerprint density at radius 3 is 2.04 bits per heavy atom. The van der Waals surface area contributed by atoms with Gasteiger partial charge in [0.25, 0.3) is 5.91 Å². The van der Waals surface area contributed by atoms with Gasteiger partial charge in [-0.25, -0.2) is 15.0 Å². The van der Waals surface area contributed by atoms with Gasteiger partial charge in [0.1, 0.15) is 29.5 Å². The van der Waals surface area contributed by atoms with E-state index in [1.807, 2.05) is 84.9 Å². The minimum absolute atomic E-state index is 0.153. The van der Waals surface area contributed by atoms with Crippen LogP contribution in [0.3, 0.4) is 0 Å². The molecule has 1 aliphatic rings. The highest BCUT2D eigenvalue weighted by Crippen LogP contribution is 2.43. The molecule has 0 unspecified atom stereocenters. The molecule has 49 heavy (non-hydrogen) atoms. The molecule has 2 aromatic heterocycles. The zero-order valence-corrected chi connectivity index (χ0v) is 27.0. The van der Waals surface area contributed by atoms with Crippen molar-refractivity contribution in [3.63, 3.8) is 0 Å². The lowest BCUT2D eigenvalue weighted by Crippen LogP contribution is -2.35. The minimum Gasteiger partial charge on any atom is -0.497 e. The van der Waals surface area contributed by atoms with Crippen LogP contribution in [0, 0.1) is 0 Å². The predicted octanol–water partition coefficient (Wildman–Crippen LogP) is 5.75. The summed E-state index contributed by atoms with van der Waals surface area (Å²) in [6.45, 7) is 0.153. The van der Waals surface area contributed by atoms with Crippen LogP contribution in [0.1, 0.15) is 39.7 Å². The summed E-state index contributed by atoms with van der Waals surface area (Å²) in [5.74, 6) is 1.39. The number of carbonyl (C=O) groups excluding carboxylic acids is 1. The molecule has 0 saturated carbocycles. The number of carbonyl (C=O) groups is 1. The first-order valence-corrected chi connectivity index (χ1v) is 15.9. The van der Waals surface area contributed by atoms with Gasteiger partial charge in [-0.05, 0) is 53.1 Å². The van der Waals surface area contributed by atoms with Gasteiger partial charge in [-0.15, -0.1) is 0 Å². The van der Waals surface area contributed by atoms with E-state index in [2.05, 4.69) is 20.3 Å². The van der Waals surface area contributed by atoms with Gasteiger partial charge in [0.15, 0.2) is 23.2 Å². The summed E-state index contributed by atoms with van der Waals surface area (Å²) in [6, 6.07) is 34.5. The maximum atomic E-state index is 12.8. The number of aromatic nitrogens is 4. The molecule has 11 nitrogen and oxygen atoms in total. The Morgan fingerprint density at radius 2 is 1.43 bits per heavy atom. The van der Waals surface area contributed by atoms with Crippen molar-refractivity contribution in [3.8, 4) is 11.5 Å². The Labute approximate surface area is 283 Å². The molecule has 11 heteroatoms. The van der Waals surface area contributed by atoms with E-state index in [4.69, 9.17) is 18.9 Å². The molecule has 2 N–H and O–H groups in total. The van der Waals surface area contributed by atoms with E-state index in [0.717, 1.165) is 28.2 Å². The number of benzene rings is 4. The number of rotatable bonds is 11. The summed E-state index contributed by atoms with van der Waals surface area (Å²) < 4.78 is 26.0. The van der Waals surface area contributed by atoms with Gasteiger partial charge in [-0.2, -0.15) is 0 Å². The Kier molecular flexibility index (Phi) is 9.03. The lowest BCUT2D eigenvalue weighted by molar-refractivity contribution is -0.0851. The monoisotopic (exact) mass is 657 g/mol. The summed E-state index contributed by atoms with van der Waals surface area (Å²) in [4.78, 5) is 26.0. The minimum atomic E-state index is -1.03. The molecule has 1 amide bonds. The third-order valence-electron chi connectivity index (χ3n) is 8.73. The van der Waals surface area contributed by atoms with Gasteiger partial charge < -0.3 is 29.4 Å². The zero-order chi connectivity index (χ0) is 33.8. The van der Waals surface area contributed by atoms with E-state index in [-0.39, 0.29) is 18.3 Å². The highest BCUT2D eigenvalue weighted by Gasteiger charge is 2.42. The number of aliphatic hydroxyl groups excluding tert-OH is 1. The second-order valence-electron chi connectivity index (χ2n) is 11.6. The third-order valence-corrected chi connectivity index (χ3v) is 8.73. The number of ether oxygens (including phenoxy) is 4. The quantitative estimate of drug-likeness (QED) is 0.167. The first-order valence-electron chi connectivity index (χ1n) is 15.9. The Balaban J connectivity index is 1.18. The fourth-order valence-electron chi connectivity index (χ4n) is 6.28. The number of nitrogens with one attached hydrogen (secondary N) is 1. The molecular weight excluding hydrogens is 622 g/mol. The molecule has 0 bridgehead atoms. The van der Waals surface area contributed by atoms with E-state index in [1.54, 1.807) is 43.1 Å². The SMILES string of the molecule is COc1ccc(C(OC[C@@H]2C[C@@H](O)[C@H](n3cnc4c(NC(=O)c5ccccc5)ncnc43)O2)(c2ccccc2)c2ccc(OC)cc2)cc1. The summed E-state index contributed by atoms with van der Waals surface area (Å²) in [7, 11) is 3.27. The van der Waals surface area contributed by atoms with Crippen molar-refractivity contribution in [1.82, 2.24) is 19.5 Å². The number of hydrogen-bond acceptors (Lipinski definition) is 9. The molecule has 0 aliphatic carbocycles. The van der Waals surface area contributed by atoms with Crippen LogP contribution in [0.2, 0.25) is 0 Å². The van der Waals surface area contributed by atoms with Gasteiger partial charge >= 0.3 is 0 Å². The third kappa shape index (κ3) is 6.22. The molecule has 6 aromatic rings. The number of hydrogen-bond donors (Lipinski definition) is 2. The molecule has 3 heterocycles. The van der Waals surface area contributed by atoms with Crippen LogP contribution in [0.5, 0.6) is 11.5 Å². The topological polar surface area (TPSA) is 130 Å². The molecule has 1 saturated heterocycles. The average Bonchev–Trinajstić information content (AvgIpc) is 3.76. The van der Waals surface area contributed by atoms with Gasteiger partial charge in [0, 0.05) is 12.0 Å². The van der Waals surface area contributed by atoms with Crippen molar-refractivity contribution in [2.75, 3.05) is 26.1 Å². The zero-order valence-electron chi connectivity index (χ0n) is 27.0. The summed E-state index contributed by atoms with van der Waals surface area (Å²) >= 11 is 0. The molecular formula is C38H35N5O6. The molecule has 3 atom stereocenters. The Hall–Kier alpha value is -5.62. The van der Waals surface area contributed by atoms with Crippen LogP contribution in [0.15, 0.2) is 122 Å². The highest BCUT2D eigenvalue weighted by atomic mass is 16.6. The van der Waals surface area contributed by atoms with E-state index >= 15 is 0 Å². The Morgan fingerprint density at radius 1 is 0.837 bits per heavy atom. The van der Waals surface area contributed by atoms with Gasteiger partial charge in [0.2, 0.25) is 0 Å². The van der Waals surface area contributed by atoms with Crippen LogP contribution in [-0.4, -0.2) is 63.6 Å². The van der Waals surface area contributed by atoms with Crippen molar-refractivity contribution in [1.29, 1.82) is 0 Å². The lowest BCUT2D eigenvalue weighted by Gasteiger charge is -2.37. The first-order chi connectivity index (χ1) is 24.0. The smallest absolute Gasteiger partial charge is 0.256 e. The van der Waals surface area contributed by atoms with Crippen LogP contribution < -0.4 is 14.8 Å². The molecule has 0 spiro atoms. The van der Waals surface area contributed by atoms with Crippen LogP contribution in [-0.2, 0) is 15.1 Å². The normalized spacial score (nSPS) is 17.6. The highest BCUT2D eigenvalue weighted by molar-refractivity contribution is 6.06. The molecule has 0 radical (unpaired) electrons. The molecule has 4 aromatic carbocycles. The van der Waals surface area contributed by atoms with Crippen LogP contribution in [0.25, 0.3) is 11.2 Å². The van der Waals surface area contributed by atoms with Crippen molar-refractivity contribution >= 4 is 22.9 Å². The first kappa shape index (κ1) is 32.0. The largest absolute Gasteiger partial charge is 0.497 e. The standard InChI is InChI=1S/C38H35N5O6/c1-46-29-17-13-27(14-18-29)38(26-11-7-4-8-12-26,28-15-19-30(47-2)20-16-28)48-22-31-21-32(44)37(49-31)43-24-41-33-34(39-23-40-35(33)43)42-36(45)25-9-5-3-6-10-25/h3-20,23-24,31-32,37,44H,21-22H2,1-2H3,(H,39,40,42,45)/t31-,32+,37+/m0/s1. The maximum Gasteiger partial charge on any atom is 0.256 e. The van der Waals surface area contributed by atoms with Crippen LogP contribution >= 0.6 is 0 Å². The van der Waals surface area contributed by atoms with E-state index in [1.165, 1.54) is 12.7 Å². The van der Waals surface area contributed by atoms with Gasteiger partial charge in [-0.1, -0.05) is 72.8 Å². The average molecular weight is 658 g/mol. The number of amides is 1. The number of anilines is 1. The fraction of sp³-hybridized carbons (Fsp3) is 0.211. The van der Waals surface area contributed by atoms with Crippen molar-refractivity contribution in [2.24, 2.45) is 0 Å². The molecule has 7 rings (SSSR count). The summed E-state index contributed by atoms with van der Waals surface area (Å²) in [5.41, 5.74) is 2.95. The Bertz CT molecular complexity index is 1970. The number of nitrogens with zero attached hydrogens (tertiary/aromatic N) is 4. The second-order valence-corrected chi connectivity index (χ2v) is 11.6. The molecule has 1 fully saturated rings. The molecule has 1 aliphatic heterocycles. The van der Waals surface area contributed by atoms with Crippen molar-refractivity contribution in [2.45, 2.75) is 30.5 Å². The number of imidazole rings is 1. The van der Waals surface area contributed by atoms with Crippen LogP contribution in [0.4, 0.5) is 5.82 Å². The predicted molar refractivity (Wildman–Crippen MR) is 183 cm³/mol. The van der Waals surface area contributed by atoms with Gasteiger partial charge in [-0.3, -0.25) is 9.36 Å². The van der Waals surface area contributed by atoms with E-state index in [0.29, 0.717) is 23.1 Å². The summed E-state index contributed by atoms with van der Waals surface area (Å²) in [5, 5.41) is 14.1. The van der Waals surface area contributed by atoms with Crippen molar-refractivity contribution < 1.29 is 28.8 Å². The second kappa shape index (κ2) is 13.9. The van der Waals surface area contributed by atoms with Gasteiger partial charge in [0.05, 0.1) is 33.3 Å². The number of fused-ring (bicyclic) bond motifs is 1. The van der Waals surface area contributed by atoms with Crippen molar-refractivity contribution in [3.05, 3.63) is 144 Å².